The molecule has 0 radical (unpaired) electrons. The summed E-state index contributed by atoms with van der Waals surface area (Å²) in [6.45, 7) is 9.99. The molecule has 0 amide bonds. The first-order valence-corrected chi connectivity index (χ1v) is 5.48. The highest BCUT2D eigenvalue weighted by Gasteiger charge is 1.93. The highest BCUT2D eigenvalue weighted by atomic mass is 28.2. The summed E-state index contributed by atoms with van der Waals surface area (Å²) in [5, 5.41) is 0. The monoisotopic (exact) mass is 160 g/mol. The molecule has 0 saturated heterocycles. The molecule has 0 aliphatic rings. The maximum Gasteiger partial charge on any atom is 0.167 e. The third kappa shape index (κ3) is 8.14. The van der Waals surface area contributed by atoms with Crippen molar-refractivity contribution in [2.75, 3.05) is 6.54 Å². The minimum atomic E-state index is -0.179. The molecule has 0 saturated carbocycles. The molecule has 0 aromatic rings. The minimum absolute atomic E-state index is 0.179. The van der Waals surface area contributed by atoms with Gasteiger partial charge in [-0.2, -0.15) is 0 Å². The molecule has 0 fully saturated rings. The van der Waals surface area contributed by atoms with E-state index in [9.17, 15) is 0 Å². The largest absolute Gasteiger partial charge is 0.330 e. The Morgan fingerprint density at radius 2 is 1.80 bits per heavy atom. The lowest BCUT2D eigenvalue weighted by atomic mass is 10.2. The summed E-state index contributed by atoms with van der Waals surface area (Å²) in [5.74, 6) is 0.779. The second kappa shape index (κ2) is 5.89. The predicted octanol–water partition coefficient (Wildman–Crippen LogP) is 0.229. The van der Waals surface area contributed by atoms with E-state index in [4.69, 9.17) is 0 Å². The molecule has 0 aromatic carbocycles. The van der Waals surface area contributed by atoms with E-state index in [-0.39, 0.29) is 9.84 Å². The fraction of sp³-hybridized carbons (Fsp3) is 1.00. The van der Waals surface area contributed by atoms with E-state index in [2.05, 4.69) is 37.7 Å². The molecule has 62 valence electrons. The van der Waals surface area contributed by atoms with Crippen molar-refractivity contribution < 1.29 is 0 Å². The number of nitrogens with one attached hydrogen (secondary N) is 2. The first-order chi connectivity index (χ1) is 4.63. The van der Waals surface area contributed by atoms with Crippen LogP contribution in [0.3, 0.4) is 0 Å². The Balaban J connectivity index is 2.91. The third-order valence-corrected chi connectivity index (χ3v) is 2.75. The van der Waals surface area contributed by atoms with E-state index in [0.29, 0.717) is 6.04 Å². The summed E-state index contributed by atoms with van der Waals surface area (Å²) in [6.07, 6.45) is 0. The topological polar surface area (TPSA) is 24.1 Å². The fourth-order valence-corrected chi connectivity index (χ4v) is 1.91. The maximum atomic E-state index is 3.44. The zero-order chi connectivity index (χ0) is 7.98. The van der Waals surface area contributed by atoms with Crippen molar-refractivity contribution in [2.45, 2.75) is 33.7 Å². The Morgan fingerprint density at radius 1 is 1.20 bits per heavy atom. The normalized spacial score (nSPS) is 12.6. The Bertz CT molecular complexity index is 64.0. The second-order valence-electron chi connectivity index (χ2n) is 3.38. The van der Waals surface area contributed by atoms with Gasteiger partial charge >= 0.3 is 0 Å². The van der Waals surface area contributed by atoms with Crippen molar-refractivity contribution in [1.82, 2.24) is 9.96 Å². The first-order valence-electron chi connectivity index (χ1n) is 4.07. The zero-order valence-corrected chi connectivity index (χ0v) is 8.98. The number of hydrogen-bond donors (Lipinski definition) is 2. The Morgan fingerprint density at radius 3 is 2.20 bits per heavy atom. The van der Waals surface area contributed by atoms with E-state index < -0.39 is 0 Å². The van der Waals surface area contributed by atoms with Crippen LogP contribution in [0.4, 0.5) is 0 Å². The second-order valence-corrected chi connectivity index (χ2v) is 4.65. The average molecular weight is 160 g/mol. The number of hydrogen-bond acceptors (Lipinski definition) is 2. The van der Waals surface area contributed by atoms with Crippen LogP contribution < -0.4 is 9.96 Å². The maximum absolute atomic E-state index is 3.44. The van der Waals surface area contributed by atoms with Gasteiger partial charge < -0.3 is 9.96 Å². The van der Waals surface area contributed by atoms with Gasteiger partial charge in [0.25, 0.3) is 0 Å². The van der Waals surface area contributed by atoms with Crippen molar-refractivity contribution in [2.24, 2.45) is 5.92 Å². The van der Waals surface area contributed by atoms with E-state index in [1.54, 1.807) is 0 Å². The van der Waals surface area contributed by atoms with Gasteiger partial charge in [0.15, 0.2) is 9.84 Å². The van der Waals surface area contributed by atoms with E-state index in [1.165, 1.54) is 0 Å². The van der Waals surface area contributed by atoms with Crippen molar-refractivity contribution >= 4 is 9.84 Å². The van der Waals surface area contributed by atoms with E-state index in [0.717, 1.165) is 12.5 Å². The molecule has 0 aliphatic carbocycles. The quantitative estimate of drug-likeness (QED) is 0.444. The van der Waals surface area contributed by atoms with Crippen molar-refractivity contribution in [3.63, 3.8) is 0 Å². The highest BCUT2D eigenvalue weighted by Crippen LogP contribution is 1.84. The van der Waals surface area contributed by atoms with Crippen LogP contribution in [-0.2, 0) is 0 Å². The molecule has 0 unspecified atom stereocenters. The van der Waals surface area contributed by atoms with Gasteiger partial charge in [-0.05, 0) is 18.5 Å². The van der Waals surface area contributed by atoms with Crippen LogP contribution in [-0.4, -0.2) is 22.4 Å². The van der Waals surface area contributed by atoms with Gasteiger partial charge in [0, 0.05) is 0 Å². The summed E-state index contributed by atoms with van der Waals surface area (Å²) in [4.78, 5) is 6.87. The molecule has 0 rings (SSSR count). The van der Waals surface area contributed by atoms with Crippen LogP contribution in [0.1, 0.15) is 27.7 Å². The van der Waals surface area contributed by atoms with Crippen LogP contribution in [0.2, 0.25) is 0 Å². The van der Waals surface area contributed by atoms with Crippen molar-refractivity contribution in [1.29, 1.82) is 0 Å². The number of rotatable bonds is 5. The third-order valence-electron chi connectivity index (χ3n) is 1.19. The summed E-state index contributed by atoms with van der Waals surface area (Å²) in [7, 11) is -0.179. The minimum Gasteiger partial charge on any atom is -0.330 e. The molecular weight excluding hydrogens is 140 g/mol. The van der Waals surface area contributed by atoms with Gasteiger partial charge in [-0.3, -0.25) is 0 Å². The Labute approximate surface area is 66.8 Å². The fourth-order valence-electron chi connectivity index (χ4n) is 0.637. The molecule has 0 heterocycles. The lowest BCUT2D eigenvalue weighted by Crippen LogP contribution is -2.39. The summed E-state index contributed by atoms with van der Waals surface area (Å²) in [6, 6.07) is 0.645. The zero-order valence-electron chi connectivity index (χ0n) is 7.57. The molecule has 0 bridgehead atoms. The van der Waals surface area contributed by atoms with Gasteiger partial charge in [-0.15, -0.1) is 0 Å². The van der Waals surface area contributed by atoms with Crippen LogP contribution >= 0.6 is 0 Å². The van der Waals surface area contributed by atoms with Gasteiger partial charge in [-0.25, -0.2) is 0 Å². The first kappa shape index (κ1) is 10.1. The molecule has 10 heavy (non-hydrogen) atoms. The smallest absolute Gasteiger partial charge is 0.167 e. The highest BCUT2D eigenvalue weighted by molar-refractivity contribution is 6.28. The lowest BCUT2D eigenvalue weighted by molar-refractivity contribution is 0.623. The summed E-state index contributed by atoms with van der Waals surface area (Å²) in [5.41, 5.74) is 0. The molecule has 0 aliphatic heterocycles. The van der Waals surface area contributed by atoms with E-state index >= 15 is 0 Å². The van der Waals surface area contributed by atoms with Gasteiger partial charge in [-0.1, -0.05) is 27.7 Å². The predicted molar refractivity (Wildman–Crippen MR) is 49.7 cm³/mol. The summed E-state index contributed by atoms with van der Waals surface area (Å²) < 4.78 is 0. The van der Waals surface area contributed by atoms with Gasteiger partial charge in [0.1, 0.15) is 0 Å². The molecule has 0 spiro atoms. The standard InChI is InChI=1S/C7H20N2Si/c1-6(2)5-8-10-9-7(3)4/h6-9H,5,10H2,1-4H3. The Kier molecular flexibility index (Phi) is 5.97. The van der Waals surface area contributed by atoms with Gasteiger partial charge in [0.2, 0.25) is 0 Å². The van der Waals surface area contributed by atoms with E-state index in [1.807, 2.05) is 0 Å². The van der Waals surface area contributed by atoms with Crippen LogP contribution in [0.5, 0.6) is 0 Å². The SMILES string of the molecule is CC(C)CN[SiH2]NC(C)C. The van der Waals surface area contributed by atoms with Crippen LogP contribution in [0.25, 0.3) is 0 Å². The molecule has 2 nitrogen and oxygen atoms in total. The average Bonchev–Trinajstić information content (AvgIpc) is 1.79. The molecular formula is C7H20N2Si. The lowest BCUT2D eigenvalue weighted by Gasteiger charge is -2.09. The van der Waals surface area contributed by atoms with Crippen molar-refractivity contribution in [3.05, 3.63) is 0 Å². The molecule has 0 aromatic heterocycles. The van der Waals surface area contributed by atoms with Gasteiger partial charge in [0.05, 0.1) is 0 Å². The molecule has 2 N–H and O–H groups in total. The van der Waals surface area contributed by atoms with Crippen molar-refractivity contribution in [3.8, 4) is 0 Å². The van der Waals surface area contributed by atoms with Crippen LogP contribution in [0.15, 0.2) is 0 Å². The molecule has 3 heteroatoms. The summed E-state index contributed by atoms with van der Waals surface area (Å²) >= 11 is 0. The Hall–Kier alpha value is 0.137. The molecule has 0 atom stereocenters. The van der Waals surface area contributed by atoms with Crippen LogP contribution in [0, 0.1) is 5.92 Å².